The molecule has 0 radical (unpaired) electrons. The molecule has 0 amide bonds. The molecule has 0 aromatic heterocycles. The first-order chi connectivity index (χ1) is 6.31. The maximum atomic E-state index is 11.7. The number of carbonyl (C=O) groups is 1. The SMILES string of the molecule is COC(=O)CSCCCCCCF. The quantitative estimate of drug-likeness (QED) is 0.452. The zero-order chi connectivity index (χ0) is 9.94. The van der Waals surface area contributed by atoms with Crippen molar-refractivity contribution in [3.8, 4) is 0 Å². The van der Waals surface area contributed by atoms with Crippen molar-refractivity contribution >= 4 is 17.7 Å². The molecule has 0 aromatic carbocycles. The molecule has 78 valence electrons. The average Bonchev–Trinajstić information content (AvgIpc) is 2.16. The number of esters is 1. The summed E-state index contributed by atoms with van der Waals surface area (Å²) in [4.78, 5) is 10.7. The minimum atomic E-state index is -0.213. The smallest absolute Gasteiger partial charge is 0.315 e. The number of unbranched alkanes of at least 4 members (excludes halogenated alkanes) is 3. The van der Waals surface area contributed by atoms with Gasteiger partial charge in [0.25, 0.3) is 0 Å². The van der Waals surface area contributed by atoms with Crippen LogP contribution in [0.1, 0.15) is 25.7 Å². The summed E-state index contributed by atoms with van der Waals surface area (Å²) in [6.07, 6.45) is 3.73. The van der Waals surface area contributed by atoms with Crippen LogP contribution >= 0.6 is 11.8 Å². The molecule has 0 atom stereocenters. The number of rotatable bonds is 8. The van der Waals surface area contributed by atoms with E-state index in [1.807, 2.05) is 0 Å². The Bertz CT molecular complexity index is 131. The van der Waals surface area contributed by atoms with E-state index in [-0.39, 0.29) is 12.6 Å². The Morgan fingerprint density at radius 2 is 2.00 bits per heavy atom. The standard InChI is InChI=1S/C9H17FO2S/c1-12-9(11)8-13-7-5-3-2-4-6-10/h2-8H2,1H3. The van der Waals surface area contributed by atoms with Crippen LogP contribution in [0.4, 0.5) is 4.39 Å². The van der Waals surface area contributed by atoms with Crippen LogP contribution in [0.15, 0.2) is 0 Å². The number of hydrogen-bond acceptors (Lipinski definition) is 3. The molecule has 0 saturated heterocycles. The molecule has 0 heterocycles. The first kappa shape index (κ1) is 12.8. The van der Waals surface area contributed by atoms with E-state index in [1.54, 1.807) is 11.8 Å². The van der Waals surface area contributed by atoms with Gasteiger partial charge in [0, 0.05) is 0 Å². The van der Waals surface area contributed by atoms with Crippen LogP contribution in [0.5, 0.6) is 0 Å². The van der Waals surface area contributed by atoms with Crippen molar-refractivity contribution in [2.75, 3.05) is 25.3 Å². The Morgan fingerprint density at radius 3 is 2.62 bits per heavy atom. The summed E-state index contributed by atoms with van der Waals surface area (Å²) in [5.41, 5.74) is 0. The van der Waals surface area contributed by atoms with Gasteiger partial charge in [0.2, 0.25) is 0 Å². The van der Waals surface area contributed by atoms with Crippen molar-refractivity contribution in [2.45, 2.75) is 25.7 Å². The molecule has 0 aliphatic carbocycles. The lowest BCUT2D eigenvalue weighted by Crippen LogP contribution is -2.03. The lowest BCUT2D eigenvalue weighted by atomic mass is 10.2. The molecule has 0 bridgehead atoms. The maximum Gasteiger partial charge on any atom is 0.315 e. The molecular weight excluding hydrogens is 191 g/mol. The molecule has 0 unspecified atom stereocenters. The van der Waals surface area contributed by atoms with E-state index < -0.39 is 0 Å². The summed E-state index contributed by atoms with van der Waals surface area (Å²) >= 11 is 1.58. The highest BCUT2D eigenvalue weighted by molar-refractivity contribution is 7.99. The van der Waals surface area contributed by atoms with Crippen molar-refractivity contribution in [3.63, 3.8) is 0 Å². The summed E-state index contributed by atoms with van der Waals surface area (Å²) in [5.74, 6) is 1.22. The van der Waals surface area contributed by atoms with E-state index in [2.05, 4.69) is 4.74 Å². The summed E-state index contributed by atoms with van der Waals surface area (Å²) in [7, 11) is 1.39. The third-order valence-electron chi connectivity index (χ3n) is 1.62. The lowest BCUT2D eigenvalue weighted by molar-refractivity contribution is -0.137. The second-order valence-electron chi connectivity index (χ2n) is 2.73. The number of halogens is 1. The van der Waals surface area contributed by atoms with E-state index >= 15 is 0 Å². The van der Waals surface area contributed by atoms with Crippen molar-refractivity contribution in [3.05, 3.63) is 0 Å². The van der Waals surface area contributed by atoms with Gasteiger partial charge < -0.3 is 4.74 Å². The number of methoxy groups -OCH3 is 1. The molecule has 0 rings (SSSR count). The van der Waals surface area contributed by atoms with Crippen LogP contribution in [0.25, 0.3) is 0 Å². The normalized spacial score (nSPS) is 10.0. The van der Waals surface area contributed by atoms with Gasteiger partial charge >= 0.3 is 5.97 Å². The van der Waals surface area contributed by atoms with E-state index in [9.17, 15) is 9.18 Å². The zero-order valence-corrected chi connectivity index (χ0v) is 8.87. The van der Waals surface area contributed by atoms with E-state index in [4.69, 9.17) is 0 Å². The number of ether oxygens (including phenoxy) is 1. The van der Waals surface area contributed by atoms with Gasteiger partial charge in [-0.3, -0.25) is 9.18 Å². The third kappa shape index (κ3) is 9.67. The fourth-order valence-electron chi connectivity index (χ4n) is 0.867. The van der Waals surface area contributed by atoms with Crippen LogP contribution in [0.3, 0.4) is 0 Å². The molecular formula is C9H17FO2S. The molecule has 4 heteroatoms. The Balaban J connectivity index is 2.95. The van der Waals surface area contributed by atoms with E-state index in [1.165, 1.54) is 7.11 Å². The Labute approximate surface area is 83.2 Å². The van der Waals surface area contributed by atoms with Crippen LogP contribution < -0.4 is 0 Å². The van der Waals surface area contributed by atoms with Gasteiger partial charge in [-0.15, -0.1) is 0 Å². The molecule has 0 saturated carbocycles. The first-order valence-electron chi connectivity index (χ1n) is 4.51. The van der Waals surface area contributed by atoms with Crippen LogP contribution in [0, 0.1) is 0 Å². The number of hydrogen-bond donors (Lipinski definition) is 0. The maximum absolute atomic E-state index is 11.7. The van der Waals surface area contributed by atoms with Gasteiger partial charge in [-0.05, 0) is 18.6 Å². The van der Waals surface area contributed by atoms with Gasteiger partial charge in [-0.25, -0.2) is 0 Å². The molecule has 13 heavy (non-hydrogen) atoms. The molecule has 0 fully saturated rings. The van der Waals surface area contributed by atoms with Crippen LogP contribution in [0.2, 0.25) is 0 Å². The molecule has 0 aromatic rings. The van der Waals surface area contributed by atoms with E-state index in [0.29, 0.717) is 12.2 Å². The fraction of sp³-hybridized carbons (Fsp3) is 0.889. The average molecular weight is 208 g/mol. The number of alkyl halides is 1. The summed E-state index contributed by atoms with van der Waals surface area (Å²) < 4.78 is 16.1. The summed E-state index contributed by atoms with van der Waals surface area (Å²) in [6.45, 7) is -0.213. The molecule has 2 nitrogen and oxygen atoms in total. The molecule has 0 spiro atoms. The summed E-state index contributed by atoms with van der Waals surface area (Å²) in [6, 6.07) is 0. The fourth-order valence-corrected chi connectivity index (χ4v) is 1.70. The number of carbonyl (C=O) groups excluding carboxylic acids is 1. The van der Waals surface area contributed by atoms with E-state index in [0.717, 1.165) is 25.0 Å². The second kappa shape index (κ2) is 9.84. The minimum Gasteiger partial charge on any atom is -0.468 e. The zero-order valence-electron chi connectivity index (χ0n) is 8.05. The molecule has 0 N–H and O–H groups in total. The van der Waals surface area contributed by atoms with Gasteiger partial charge in [0.05, 0.1) is 19.5 Å². The number of thioether (sulfide) groups is 1. The highest BCUT2D eigenvalue weighted by atomic mass is 32.2. The monoisotopic (exact) mass is 208 g/mol. The highest BCUT2D eigenvalue weighted by Crippen LogP contribution is 2.07. The van der Waals surface area contributed by atoms with Gasteiger partial charge in [-0.2, -0.15) is 11.8 Å². The minimum absolute atomic E-state index is 0.172. The Kier molecular flexibility index (Phi) is 9.65. The van der Waals surface area contributed by atoms with Crippen molar-refractivity contribution in [1.29, 1.82) is 0 Å². The predicted octanol–water partition coefficient (Wildman–Crippen LogP) is 2.42. The van der Waals surface area contributed by atoms with Crippen molar-refractivity contribution in [2.24, 2.45) is 0 Å². The highest BCUT2D eigenvalue weighted by Gasteiger charge is 1.98. The van der Waals surface area contributed by atoms with Gasteiger partial charge in [0.15, 0.2) is 0 Å². The lowest BCUT2D eigenvalue weighted by Gasteiger charge is -1.99. The molecule has 0 aliphatic rings. The Morgan fingerprint density at radius 1 is 1.31 bits per heavy atom. The van der Waals surface area contributed by atoms with Gasteiger partial charge in [0.1, 0.15) is 0 Å². The summed E-state index contributed by atoms with van der Waals surface area (Å²) in [5, 5.41) is 0. The largest absolute Gasteiger partial charge is 0.468 e. The van der Waals surface area contributed by atoms with Gasteiger partial charge in [-0.1, -0.05) is 12.8 Å². The van der Waals surface area contributed by atoms with Crippen LogP contribution in [-0.2, 0) is 9.53 Å². The first-order valence-corrected chi connectivity index (χ1v) is 5.67. The van der Waals surface area contributed by atoms with Crippen molar-refractivity contribution < 1.29 is 13.9 Å². The van der Waals surface area contributed by atoms with Crippen LogP contribution in [-0.4, -0.2) is 31.3 Å². The van der Waals surface area contributed by atoms with Crippen molar-refractivity contribution in [1.82, 2.24) is 0 Å². The topological polar surface area (TPSA) is 26.3 Å². The second-order valence-corrected chi connectivity index (χ2v) is 3.84. The Hall–Kier alpha value is -0.250. The third-order valence-corrected chi connectivity index (χ3v) is 2.64. The molecule has 0 aliphatic heterocycles. The predicted molar refractivity (Wildman–Crippen MR) is 53.8 cm³/mol.